The number of nitrogens with zero attached hydrogens (tertiary/aromatic N) is 3. The number of nitrogens with one attached hydrogen (secondary N) is 2. The first-order valence-corrected chi connectivity index (χ1v) is 6.08. The van der Waals surface area contributed by atoms with E-state index in [4.69, 9.17) is 0 Å². The summed E-state index contributed by atoms with van der Waals surface area (Å²) in [5.74, 6) is 0.543. The molecule has 6 nitrogen and oxygen atoms in total. The highest BCUT2D eigenvalue weighted by atomic mass is 32.2. The molecular formula is C9H15N5OS. The number of hydrogen-bond acceptors (Lipinski definition) is 6. The van der Waals surface area contributed by atoms with Crippen molar-refractivity contribution in [3.63, 3.8) is 0 Å². The lowest BCUT2D eigenvalue weighted by molar-refractivity contribution is -0.114. The molecule has 0 atom stereocenters. The highest BCUT2D eigenvalue weighted by molar-refractivity contribution is 7.98. The lowest BCUT2D eigenvalue weighted by Crippen LogP contribution is -2.16. The molecule has 1 rings (SSSR count). The molecule has 0 bridgehead atoms. The third kappa shape index (κ3) is 4.01. The Morgan fingerprint density at radius 2 is 1.88 bits per heavy atom. The Kier molecular flexibility index (Phi) is 4.48. The summed E-state index contributed by atoms with van der Waals surface area (Å²) in [6, 6.07) is 0.224. The molecule has 0 radical (unpaired) electrons. The van der Waals surface area contributed by atoms with Gasteiger partial charge in [-0.25, -0.2) is 0 Å². The van der Waals surface area contributed by atoms with Gasteiger partial charge in [0.25, 0.3) is 0 Å². The van der Waals surface area contributed by atoms with Crippen molar-refractivity contribution in [2.75, 3.05) is 16.9 Å². The fraction of sp³-hybridized carbons (Fsp3) is 0.556. The lowest BCUT2D eigenvalue weighted by atomic mass is 10.4. The van der Waals surface area contributed by atoms with E-state index >= 15 is 0 Å². The highest BCUT2D eigenvalue weighted by Crippen LogP contribution is 2.13. The zero-order chi connectivity index (χ0) is 12.1. The normalized spacial score (nSPS) is 10.3. The van der Waals surface area contributed by atoms with Crippen LogP contribution in [-0.4, -0.2) is 33.2 Å². The van der Waals surface area contributed by atoms with E-state index in [0.29, 0.717) is 11.1 Å². The predicted molar refractivity (Wildman–Crippen MR) is 64.7 cm³/mol. The van der Waals surface area contributed by atoms with Crippen molar-refractivity contribution in [1.29, 1.82) is 0 Å². The first-order chi connectivity index (χ1) is 7.51. The van der Waals surface area contributed by atoms with Crippen LogP contribution < -0.4 is 10.6 Å². The molecule has 0 spiro atoms. The van der Waals surface area contributed by atoms with Crippen LogP contribution in [0.15, 0.2) is 5.16 Å². The van der Waals surface area contributed by atoms with E-state index in [1.54, 1.807) is 0 Å². The summed E-state index contributed by atoms with van der Waals surface area (Å²) in [7, 11) is 0. The average molecular weight is 241 g/mol. The molecule has 1 amide bonds. The van der Waals surface area contributed by atoms with E-state index in [-0.39, 0.29) is 17.9 Å². The number of rotatable bonds is 4. The molecule has 1 aromatic heterocycles. The van der Waals surface area contributed by atoms with Crippen molar-refractivity contribution >= 4 is 29.6 Å². The second-order valence-electron chi connectivity index (χ2n) is 3.45. The SMILES string of the molecule is CSc1nc(NC(C)=O)nc(NC(C)C)n1. The third-order valence-electron chi connectivity index (χ3n) is 1.50. The monoisotopic (exact) mass is 241 g/mol. The van der Waals surface area contributed by atoms with Crippen molar-refractivity contribution in [2.24, 2.45) is 0 Å². The predicted octanol–water partition coefficient (Wildman–Crippen LogP) is 1.37. The summed E-state index contributed by atoms with van der Waals surface area (Å²) in [5, 5.41) is 6.18. The molecule has 0 saturated heterocycles. The molecule has 0 aliphatic rings. The van der Waals surface area contributed by atoms with E-state index in [2.05, 4.69) is 25.6 Å². The maximum absolute atomic E-state index is 10.9. The summed E-state index contributed by atoms with van der Waals surface area (Å²) in [6.45, 7) is 5.39. The summed E-state index contributed by atoms with van der Waals surface area (Å²) >= 11 is 1.40. The van der Waals surface area contributed by atoms with Gasteiger partial charge in [-0.1, -0.05) is 11.8 Å². The van der Waals surface area contributed by atoms with Gasteiger partial charge in [-0.3, -0.25) is 10.1 Å². The Morgan fingerprint density at radius 1 is 1.25 bits per heavy atom. The molecule has 0 aromatic carbocycles. The van der Waals surface area contributed by atoms with Crippen molar-refractivity contribution < 1.29 is 4.79 Å². The minimum absolute atomic E-state index is 0.200. The maximum atomic E-state index is 10.9. The molecule has 7 heteroatoms. The molecule has 0 saturated carbocycles. The largest absolute Gasteiger partial charge is 0.352 e. The minimum atomic E-state index is -0.200. The quantitative estimate of drug-likeness (QED) is 0.775. The fourth-order valence-electron chi connectivity index (χ4n) is 0.984. The Hall–Kier alpha value is -1.37. The molecule has 2 N–H and O–H groups in total. The van der Waals surface area contributed by atoms with Gasteiger partial charge in [-0.05, 0) is 20.1 Å². The van der Waals surface area contributed by atoms with Crippen LogP contribution in [0, 0.1) is 0 Å². The second kappa shape index (κ2) is 5.64. The topological polar surface area (TPSA) is 79.8 Å². The van der Waals surface area contributed by atoms with Gasteiger partial charge in [0.15, 0.2) is 5.16 Å². The summed E-state index contributed by atoms with van der Waals surface area (Å²) < 4.78 is 0. The van der Waals surface area contributed by atoms with E-state index in [1.165, 1.54) is 18.7 Å². The molecule has 0 fully saturated rings. The van der Waals surface area contributed by atoms with Crippen LogP contribution in [0.2, 0.25) is 0 Å². The summed E-state index contributed by atoms with van der Waals surface area (Å²) in [6.07, 6.45) is 1.87. The molecule has 0 aliphatic carbocycles. The lowest BCUT2D eigenvalue weighted by Gasteiger charge is -2.10. The Bertz CT molecular complexity index is 382. The van der Waals surface area contributed by atoms with Crippen molar-refractivity contribution in [3.8, 4) is 0 Å². The van der Waals surface area contributed by atoms with E-state index in [1.807, 2.05) is 20.1 Å². The molecule has 1 aromatic rings. The zero-order valence-electron chi connectivity index (χ0n) is 9.74. The third-order valence-corrected chi connectivity index (χ3v) is 2.05. The first-order valence-electron chi connectivity index (χ1n) is 4.85. The molecule has 16 heavy (non-hydrogen) atoms. The van der Waals surface area contributed by atoms with E-state index in [0.717, 1.165) is 0 Å². The molecule has 1 heterocycles. The van der Waals surface area contributed by atoms with E-state index < -0.39 is 0 Å². The van der Waals surface area contributed by atoms with Crippen LogP contribution in [0.25, 0.3) is 0 Å². The second-order valence-corrected chi connectivity index (χ2v) is 4.22. The van der Waals surface area contributed by atoms with Crippen LogP contribution in [0.5, 0.6) is 0 Å². The molecule has 0 unspecified atom stereocenters. The van der Waals surface area contributed by atoms with Gasteiger partial charge >= 0.3 is 0 Å². The molecule has 0 aliphatic heterocycles. The summed E-state index contributed by atoms with van der Waals surface area (Å²) in [5.41, 5.74) is 0. The van der Waals surface area contributed by atoms with Gasteiger partial charge in [-0.2, -0.15) is 15.0 Å². The number of carbonyl (C=O) groups is 1. The van der Waals surface area contributed by atoms with Gasteiger partial charge in [0.2, 0.25) is 17.8 Å². The Balaban J connectivity index is 2.95. The standard InChI is InChI=1S/C9H15N5OS/c1-5(2)10-7-12-8(11-6(3)15)14-9(13-7)16-4/h5H,1-4H3,(H2,10,11,12,13,14,15). The maximum Gasteiger partial charge on any atom is 0.235 e. The van der Waals surface area contributed by atoms with Crippen LogP contribution >= 0.6 is 11.8 Å². The first kappa shape index (κ1) is 12.7. The van der Waals surface area contributed by atoms with Gasteiger partial charge in [0.05, 0.1) is 0 Å². The number of carbonyl (C=O) groups excluding carboxylic acids is 1. The van der Waals surface area contributed by atoms with Gasteiger partial charge < -0.3 is 5.32 Å². The van der Waals surface area contributed by atoms with Gasteiger partial charge in [0.1, 0.15) is 0 Å². The fourth-order valence-corrected chi connectivity index (χ4v) is 1.34. The molecule has 88 valence electrons. The Labute approximate surface area is 98.7 Å². The van der Waals surface area contributed by atoms with Gasteiger partial charge in [-0.15, -0.1) is 0 Å². The van der Waals surface area contributed by atoms with Gasteiger partial charge in [0, 0.05) is 13.0 Å². The van der Waals surface area contributed by atoms with Crippen LogP contribution in [-0.2, 0) is 4.79 Å². The highest BCUT2D eigenvalue weighted by Gasteiger charge is 2.07. The number of thioether (sulfide) groups is 1. The van der Waals surface area contributed by atoms with Crippen molar-refractivity contribution in [1.82, 2.24) is 15.0 Å². The minimum Gasteiger partial charge on any atom is -0.352 e. The number of hydrogen-bond donors (Lipinski definition) is 2. The number of aromatic nitrogens is 3. The Morgan fingerprint density at radius 3 is 2.38 bits per heavy atom. The van der Waals surface area contributed by atoms with Crippen LogP contribution in [0.4, 0.5) is 11.9 Å². The molecular weight excluding hydrogens is 226 g/mol. The number of amides is 1. The van der Waals surface area contributed by atoms with Crippen molar-refractivity contribution in [2.45, 2.75) is 32.0 Å². The van der Waals surface area contributed by atoms with Crippen LogP contribution in [0.3, 0.4) is 0 Å². The number of anilines is 2. The van der Waals surface area contributed by atoms with E-state index in [9.17, 15) is 4.79 Å². The zero-order valence-corrected chi connectivity index (χ0v) is 10.6. The average Bonchev–Trinajstić information content (AvgIpc) is 2.14. The van der Waals surface area contributed by atoms with Crippen LogP contribution in [0.1, 0.15) is 20.8 Å². The van der Waals surface area contributed by atoms with Crippen molar-refractivity contribution in [3.05, 3.63) is 0 Å². The summed E-state index contributed by atoms with van der Waals surface area (Å²) in [4.78, 5) is 23.2. The smallest absolute Gasteiger partial charge is 0.235 e.